The van der Waals surface area contributed by atoms with Crippen LogP contribution < -0.4 is 0 Å². The molecule has 0 unspecified atom stereocenters. The van der Waals surface area contributed by atoms with Crippen molar-refractivity contribution >= 4 is 38.6 Å². The van der Waals surface area contributed by atoms with E-state index in [1.807, 2.05) is 0 Å². The second kappa shape index (κ2) is 5.49. The smallest absolute Gasteiger partial charge is 0.245 e. The number of amides is 1. The van der Waals surface area contributed by atoms with E-state index in [0.717, 1.165) is 0 Å². The minimum atomic E-state index is -3.75. The summed E-state index contributed by atoms with van der Waals surface area (Å²) in [6.45, 7) is 2.66. The molecule has 118 valence electrons. The highest BCUT2D eigenvalue weighted by atomic mass is 35.5. The zero-order chi connectivity index (χ0) is 15.9. The Morgan fingerprint density at radius 3 is 2.45 bits per heavy atom. The zero-order valence-electron chi connectivity index (χ0n) is 11.7. The Kier molecular flexibility index (Phi) is 3.79. The molecule has 10 heteroatoms. The first kappa shape index (κ1) is 15.2. The summed E-state index contributed by atoms with van der Waals surface area (Å²) in [5.41, 5.74) is 0.326. The normalized spacial score (nSPS) is 17.1. The average Bonchev–Trinajstić information content (AvgIpc) is 2.97. The number of carbonyl (C=O) groups excluding carboxylic acids is 1. The van der Waals surface area contributed by atoms with Gasteiger partial charge in [0.25, 0.3) is 0 Å². The summed E-state index contributed by atoms with van der Waals surface area (Å²) in [6.07, 6.45) is 0. The fourth-order valence-corrected chi connectivity index (χ4v) is 4.13. The summed E-state index contributed by atoms with van der Waals surface area (Å²) in [6, 6.07) is 2.84. The number of hydrogen-bond acceptors (Lipinski definition) is 6. The third-order valence-corrected chi connectivity index (χ3v) is 5.87. The van der Waals surface area contributed by atoms with Gasteiger partial charge in [-0.1, -0.05) is 11.6 Å². The van der Waals surface area contributed by atoms with Crippen molar-refractivity contribution in [2.75, 3.05) is 26.2 Å². The fraction of sp³-hybridized carbons (Fsp3) is 0.417. The number of rotatable bonds is 2. The lowest BCUT2D eigenvalue weighted by Gasteiger charge is -2.33. The summed E-state index contributed by atoms with van der Waals surface area (Å²) in [5.74, 6) is -0.0633. The molecule has 1 amide bonds. The van der Waals surface area contributed by atoms with Crippen LogP contribution in [0.5, 0.6) is 0 Å². The molecule has 2 heterocycles. The van der Waals surface area contributed by atoms with Gasteiger partial charge in [0, 0.05) is 33.1 Å². The summed E-state index contributed by atoms with van der Waals surface area (Å²) in [5, 5.41) is 7.54. The van der Waals surface area contributed by atoms with E-state index >= 15 is 0 Å². The molecule has 8 nitrogen and oxygen atoms in total. The molecule has 1 aliphatic heterocycles. The predicted octanol–water partition coefficient (Wildman–Crippen LogP) is 0.729. The van der Waals surface area contributed by atoms with Gasteiger partial charge in [-0.25, -0.2) is 13.0 Å². The Morgan fingerprint density at radius 2 is 1.82 bits per heavy atom. The molecule has 0 N–H and O–H groups in total. The molecule has 1 aromatic heterocycles. The van der Waals surface area contributed by atoms with Gasteiger partial charge >= 0.3 is 0 Å². The molecule has 0 spiro atoms. The van der Waals surface area contributed by atoms with Gasteiger partial charge < -0.3 is 4.90 Å². The SMILES string of the molecule is CC(=O)N1CCN(S(=O)(=O)c2ccc(Cl)c3nonc23)CC1. The van der Waals surface area contributed by atoms with Crippen molar-refractivity contribution in [3.63, 3.8) is 0 Å². The largest absolute Gasteiger partial charge is 0.340 e. The molecule has 3 rings (SSSR count). The monoisotopic (exact) mass is 344 g/mol. The van der Waals surface area contributed by atoms with Crippen molar-refractivity contribution in [1.29, 1.82) is 0 Å². The third-order valence-electron chi connectivity index (χ3n) is 3.63. The fourth-order valence-electron chi connectivity index (χ4n) is 2.40. The Hall–Kier alpha value is -1.71. The number of sulfonamides is 1. The van der Waals surface area contributed by atoms with Crippen molar-refractivity contribution in [3.8, 4) is 0 Å². The van der Waals surface area contributed by atoms with Gasteiger partial charge in [-0.15, -0.1) is 0 Å². The van der Waals surface area contributed by atoms with Gasteiger partial charge in [-0.2, -0.15) is 4.31 Å². The molecule has 0 saturated carbocycles. The summed E-state index contributed by atoms with van der Waals surface area (Å²) in [7, 11) is -3.75. The number of aromatic nitrogens is 2. The second-order valence-electron chi connectivity index (χ2n) is 4.92. The molecular formula is C12H13ClN4O4S. The lowest BCUT2D eigenvalue weighted by Crippen LogP contribution is -2.49. The molecule has 1 aromatic carbocycles. The average molecular weight is 345 g/mol. The van der Waals surface area contributed by atoms with E-state index in [0.29, 0.717) is 13.1 Å². The lowest BCUT2D eigenvalue weighted by molar-refractivity contribution is -0.129. The van der Waals surface area contributed by atoms with Crippen LogP contribution >= 0.6 is 11.6 Å². The summed E-state index contributed by atoms with van der Waals surface area (Å²) in [4.78, 5) is 12.9. The highest BCUT2D eigenvalue weighted by Crippen LogP contribution is 2.28. The molecule has 22 heavy (non-hydrogen) atoms. The zero-order valence-corrected chi connectivity index (χ0v) is 13.3. The van der Waals surface area contributed by atoms with Crippen LogP contribution in [-0.2, 0) is 14.8 Å². The molecule has 1 saturated heterocycles. The number of benzene rings is 1. The van der Waals surface area contributed by atoms with Crippen LogP contribution in [0.2, 0.25) is 5.02 Å². The van der Waals surface area contributed by atoms with E-state index < -0.39 is 10.0 Å². The highest BCUT2D eigenvalue weighted by Gasteiger charge is 2.32. The van der Waals surface area contributed by atoms with E-state index in [-0.39, 0.29) is 39.9 Å². The number of nitrogens with zero attached hydrogens (tertiary/aromatic N) is 4. The van der Waals surface area contributed by atoms with Crippen molar-refractivity contribution in [3.05, 3.63) is 17.2 Å². The van der Waals surface area contributed by atoms with Gasteiger partial charge in [-0.3, -0.25) is 4.79 Å². The Labute approximate surface area is 131 Å². The van der Waals surface area contributed by atoms with Crippen LogP contribution in [0.15, 0.2) is 21.7 Å². The standard InChI is InChI=1S/C12H13ClN4O4S/c1-8(18)16-4-6-17(7-5-16)22(19,20)10-3-2-9(13)11-12(10)15-21-14-11/h2-3H,4-7H2,1H3. The van der Waals surface area contributed by atoms with Gasteiger partial charge in [0.05, 0.1) is 5.02 Å². The quantitative estimate of drug-likeness (QED) is 0.796. The second-order valence-corrected chi connectivity index (χ2v) is 7.23. The first-order valence-corrected chi connectivity index (χ1v) is 8.39. The Morgan fingerprint density at radius 1 is 1.18 bits per heavy atom. The van der Waals surface area contributed by atoms with Gasteiger partial charge in [0.2, 0.25) is 15.9 Å². The molecule has 0 radical (unpaired) electrons. The Bertz CT molecular complexity index is 827. The molecule has 0 atom stereocenters. The first-order valence-electron chi connectivity index (χ1n) is 6.57. The van der Waals surface area contributed by atoms with Gasteiger partial charge in [-0.05, 0) is 22.4 Å². The van der Waals surface area contributed by atoms with Crippen molar-refractivity contribution in [2.45, 2.75) is 11.8 Å². The lowest BCUT2D eigenvalue weighted by atomic mass is 10.3. The van der Waals surface area contributed by atoms with E-state index in [9.17, 15) is 13.2 Å². The number of piperazine rings is 1. The van der Waals surface area contributed by atoms with Gasteiger partial charge in [0.1, 0.15) is 4.90 Å². The maximum atomic E-state index is 12.8. The molecule has 0 bridgehead atoms. The maximum absolute atomic E-state index is 12.8. The minimum Gasteiger partial charge on any atom is -0.340 e. The molecule has 2 aromatic rings. The van der Waals surface area contributed by atoms with Crippen molar-refractivity contribution in [2.24, 2.45) is 0 Å². The maximum Gasteiger partial charge on any atom is 0.245 e. The van der Waals surface area contributed by atoms with Crippen LogP contribution in [-0.4, -0.2) is 60.0 Å². The first-order chi connectivity index (χ1) is 10.4. The van der Waals surface area contributed by atoms with E-state index in [2.05, 4.69) is 14.9 Å². The molecule has 1 fully saturated rings. The number of carbonyl (C=O) groups is 1. The van der Waals surface area contributed by atoms with Crippen molar-refractivity contribution in [1.82, 2.24) is 19.5 Å². The highest BCUT2D eigenvalue weighted by molar-refractivity contribution is 7.89. The van der Waals surface area contributed by atoms with Crippen LogP contribution in [0.3, 0.4) is 0 Å². The minimum absolute atomic E-state index is 0.00410. The van der Waals surface area contributed by atoms with Crippen molar-refractivity contribution < 1.29 is 17.8 Å². The number of fused-ring (bicyclic) bond motifs is 1. The number of halogens is 1. The molecular weight excluding hydrogens is 332 g/mol. The van der Waals surface area contributed by atoms with E-state index in [1.165, 1.54) is 23.4 Å². The predicted molar refractivity (Wildman–Crippen MR) is 77.8 cm³/mol. The van der Waals surface area contributed by atoms with Crippen LogP contribution in [0.25, 0.3) is 11.0 Å². The topological polar surface area (TPSA) is 96.6 Å². The summed E-state index contributed by atoms with van der Waals surface area (Å²) >= 11 is 5.95. The van der Waals surface area contributed by atoms with Crippen LogP contribution in [0.1, 0.15) is 6.92 Å². The molecule has 1 aliphatic rings. The van der Waals surface area contributed by atoms with Crippen LogP contribution in [0, 0.1) is 0 Å². The third kappa shape index (κ3) is 2.44. The summed E-state index contributed by atoms with van der Waals surface area (Å²) < 4.78 is 31.4. The Balaban J connectivity index is 1.95. The van der Waals surface area contributed by atoms with Crippen LogP contribution in [0.4, 0.5) is 0 Å². The number of hydrogen-bond donors (Lipinski definition) is 0. The van der Waals surface area contributed by atoms with E-state index in [1.54, 1.807) is 4.90 Å². The van der Waals surface area contributed by atoms with E-state index in [4.69, 9.17) is 11.6 Å². The molecule has 0 aliphatic carbocycles. The van der Waals surface area contributed by atoms with Gasteiger partial charge in [0.15, 0.2) is 11.0 Å².